The number of imide groups is 2. The first kappa shape index (κ1) is 79.3. The van der Waals surface area contributed by atoms with Crippen molar-refractivity contribution in [3.8, 4) is 11.5 Å². The van der Waals surface area contributed by atoms with Crippen LogP contribution in [0.25, 0.3) is 43.9 Å². The zero-order valence-corrected chi connectivity index (χ0v) is 62.7. The number of aliphatic hydroxyl groups excluding tert-OH is 1. The SMILES string of the molecule is CCO.CN.CNC(=O)c1cnc2cc(OC[C@H]3O[C@@H](n4ccc5c(N(C(=O)OC(C)(C)C)C(=O)OC(C)(C)C)ncnc54)[C@@H]4OC(C)(C)O[C@@H]43)ccc2c1.COC(=O)c1cnc2cc(OC[C@H]3O[C@@H](n4ccc5c(N(C(=O)OC(C)(C)C)C(=O)OC(C)(C)C)ncnc54)[C@@H]4OC(C)(C)O[C@@H]43)ccc2c1. The van der Waals surface area contributed by atoms with Crippen molar-refractivity contribution in [2.24, 2.45) is 5.73 Å². The fourth-order valence-electron chi connectivity index (χ4n) is 11.7. The molecule has 32 nitrogen and oxygen atoms in total. The first-order valence-electron chi connectivity index (χ1n) is 34.0. The van der Waals surface area contributed by atoms with Crippen LogP contribution < -0.4 is 30.3 Å². The number of benzene rings is 2. The van der Waals surface area contributed by atoms with E-state index in [1.54, 1.807) is 167 Å². The van der Waals surface area contributed by atoms with Crippen molar-refractivity contribution in [1.82, 2.24) is 44.4 Å². The zero-order valence-electron chi connectivity index (χ0n) is 62.7. The van der Waals surface area contributed by atoms with Crippen LogP contribution in [-0.2, 0) is 52.1 Å². The van der Waals surface area contributed by atoms with Crippen molar-refractivity contribution in [2.45, 2.75) is 201 Å². The second-order valence-electron chi connectivity index (χ2n) is 29.3. The number of amides is 5. The molecule has 4 aliphatic heterocycles. The molecule has 4 saturated heterocycles. The van der Waals surface area contributed by atoms with Crippen molar-refractivity contribution in [3.05, 3.63) is 109 Å². The topological polar surface area (TPSA) is 374 Å². The Morgan fingerprint density at radius 1 is 0.533 bits per heavy atom. The third-order valence-corrected chi connectivity index (χ3v) is 15.6. The van der Waals surface area contributed by atoms with Gasteiger partial charge in [0.2, 0.25) is 0 Å². The smallest absolute Gasteiger partial charge is 0.425 e. The number of nitrogens with zero attached hydrogens (tertiary/aromatic N) is 10. The molecule has 10 heterocycles. The van der Waals surface area contributed by atoms with Gasteiger partial charge in [-0.2, -0.15) is 9.80 Å². The Hall–Kier alpha value is -9.80. The zero-order chi connectivity index (χ0) is 77.1. The van der Waals surface area contributed by atoms with Crippen LogP contribution >= 0.6 is 0 Å². The van der Waals surface area contributed by atoms with Crippen LogP contribution in [0.3, 0.4) is 0 Å². The van der Waals surface area contributed by atoms with E-state index in [0.717, 1.165) is 20.6 Å². The minimum absolute atomic E-state index is 0.0112. The summed E-state index contributed by atoms with van der Waals surface area (Å²) < 4.78 is 81.2. The van der Waals surface area contributed by atoms with Crippen LogP contribution in [0.1, 0.15) is 151 Å². The van der Waals surface area contributed by atoms with Gasteiger partial charge in [0, 0.05) is 61.3 Å². The summed E-state index contributed by atoms with van der Waals surface area (Å²) in [5.74, 6) is -1.41. The van der Waals surface area contributed by atoms with Gasteiger partial charge < -0.3 is 86.9 Å². The minimum atomic E-state index is -0.948. The molecule has 0 unspecified atom stereocenters. The molecular weight excluding hydrogens is 1360 g/mol. The lowest BCUT2D eigenvalue weighted by atomic mass is 10.1. The van der Waals surface area contributed by atoms with E-state index < -0.39 is 113 Å². The van der Waals surface area contributed by atoms with Crippen LogP contribution in [-0.4, -0.2) is 192 Å². The standard InChI is InChI=1S/C35H42N6O9.C35H41N5O10.C2H6O.CH5N/c1-33(2,3)49-31(43)41(32(44)50-34(4,5)6)28-22-12-13-40(27(22)38-18-39-28)30-26-25(47-35(7,8)48-26)24(46-30)17-45-21-11-10-19-14-20(29(42)36-9)16-37-23(19)15-21;1-33(2,3)49-31(42)40(32(43)50-34(4,5)6)28-22-12-13-39(27(22)37-18-38-28)29-26-25(47-35(7,8)48-26)24(46-29)17-45-21-11-10-19-14-20(30(41)44-9)16-36-23(19)15-21;1-2-3;1-2/h10-16,18,24-26,30H,17H2,1-9H3,(H,36,42);10-16,18,24-26,29H,17H2,1-9H3;3H,2H2,1H3;2H2,1H3/t24-,25-,26-,30-;24-,25-,26-,29-;;/m11../s1. The lowest BCUT2D eigenvalue weighted by Crippen LogP contribution is -2.44. The molecule has 0 aliphatic carbocycles. The van der Waals surface area contributed by atoms with Gasteiger partial charge in [0.15, 0.2) is 35.7 Å². The number of methoxy groups -OCH3 is 1. The van der Waals surface area contributed by atoms with Gasteiger partial charge >= 0.3 is 30.3 Å². The molecule has 0 saturated carbocycles. The second-order valence-corrected chi connectivity index (χ2v) is 29.3. The second kappa shape index (κ2) is 31.5. The number of esters is 1. The highest BCUT2D eigenvalue weighted by molar-refractivity contribution is 6.14. The van der Waals surface area contributed by atoms with Crippen LogP contribution in [0.2, 0.25) is 0 Å². The quantitative estimate of drug-likeness (QED) is 0.0755. The molecule has 2 aromatic carbocycles. The predicted octanol–water partition coefficient (Wildman–Crippen LogP) is 11.0. The monoisotopic (exact) mass is 1460 g/mol. The number of hydrogen-bond acceptors (Lipinski definition) is 27. The maximum absolute atomic E-state index is 13.4. The van der Waals surface area contributed by atoms with Crippen molar-refractivity contribution < 1.29 is 95.5 Å². The van der Waals surface area contributed by atoms with Crippen molar-refractivity contribution in [3.63, 3.8) is 0 Å². The number of pyridine rings is 2. The van der Waals surface area contributed by atoms with Gasteiger partial charge in [-0.15, -0.1) is 0 Å². The van der Waals surface area contributed by atoms with E-state index in [9.17, 15) is 28.8 Å². The molecule has 566 valence electrons. The molecule has 4 fully saturated rings. The number of rotatable bonds is 12. The number of aliphatic hydroxyl groups is 1. The van der Waals surface area contributed by atoms with Crippen molar-refractivity contribution in [2.75, 3.05) is 50.8 Å². The van der Waals surface area contributed by atoms with Crippen LogP contribution in [0.5, 0.6) is 11.5 Å². The lowest BCUT2D eigenvalue weighted by molar-refractivity contribution is -0.199. The first-order valence-corrected chi connectivity index (χ1v) is 34.0. The van der Waals surface area contributed by atoms with Crippen molar-refractivity contribution >= 4 is 91.8 Å². The van der Waals surface area contributed by atoms with Gasteiger partial charge in [-0.05, 0) is 173 Å². The summed E-state index contributed by atoms with van der Waals surface area (Å²) in [7, 11) is 4.39. The number of carbonyl (C=O) groups excluding carboxylic acids is 6. The van der Waals surface area contributed by atoms with Gasteiger partial charge in [-0.1, -0.05) is 0 Å². The molecule has 8 atom stereocenters. The van der Waals surface area contributed by atoms with Crippen LogP contribution in [0.15, 0.2) is 98.1 Å². The number of hydrogen-bond donors (Lipinski definition) is 3. The molecule has 8 aromatic rings. The molecule has 4 N–H and O–H groups in total. The normalized spacial score (nSPS) is 20.7. The van der Waals surface area contributed by atoms with Gasteiger partial charge in [0.1, 0.15) is 108 Å². The number of fused-ring (bicyclic) bond motifs is 6. The minimum Gasteiger partial charge on any atom is -0.491 e. The Morgan fingerprint density at radius 3 is 1.24 bits per heavy atom. The average Bonchev–Trinajstić information content (AvgIpc) is 1.59. The molecule has 6 aromatic heterocycles. The van der Waals surface area contributed by atoms with Crippen molar-refractivity contribution in [1.29, 1.82) is 0 Å². The molecule has 0 bridgehead atoms. The third-order valence-electron chi connectivity index (χ3n) is 15.6. The highest BCUT2D eigenvalue weighted by atomic mass is 16.8. The summed E-state index contributed by atoms with van der Waals surface area (Å²) in [5.41, 5.74) is 3.78. The molecular formula is C73H94N12O20. The van der Waals surface area contributed by atoms with E-state index >= 15 is 0 Å². The van der Waals surface area contributed by atoms with E-state index in [1.807, 2.05) is 39.8 Å². The van der Waals surface area contributed by atoms with E-state index in [1.165, 1.54) is 39.2 Å². The fraction of sp³-hybridized carbons (Fsp3) is 0.507. The summed E-state index contributed by atoms with van der Waals surface area (Å²) in [6.07, 6.45) is 0.481. The highest BCUT2D eigenvalue weighted by Gasteiger charge is 2.58. The van der Waals surface area contributed by atoms with Gasteiger partial charge in [0.05, 0.1) is 40.0 Å². The number of anilines is 2. The molecule has 32 heteroatoms. The van der Waals surface area contributed by atoms with E-state index in [2.05, 4.69) is 41.0 Å². The summed E-state index contributed by atoms with van der Waals surface area (Å²) in [5, 5.41) is 12.5. The summed E-state index contributed by atoms with van der Waals surface area (Å²) in [6, 6.07) is 17.6. The van der Waals surface area contributed by atoms with Crippen LogP contribution in [0.4, 0.5) is 30.8 Å². The number of ether oxygens (including phenoxy) is 13. The summed E-state index contributed by atoms with van der Waals surface area (Å²) in [4.78, 5) is 106. The maximum Gasteiger partial charge on any atom is 0.425 e. The molecule has 12 rings (SSSR count). The largest absolute Gasteiger partial charge is 0.491 e. The van der Waals surface area contributed by atoms with Gasteiger partial charge in [-0.3, -0.25) is 14.8 Å². The number of aromatic nitrogens is 8. The van der Waals surface area contributed by atoms with Gasteiger partial charge in [-0.25, -0.2) is 43.9 Å². The summed E-state index contributed by atoms with van der Waals surface area (Å²) in [6.45, 7) is 29.9. The Kier molecular flexibility index (Phi) is 23.8. The van der Waals surface area contributed by atoms with E-state index in [-0.39, 0.29) is 37.4 Å². The number of nitrogens with two attached hydrogens (primary N) is 1. The van der Waals surface area contributed by atoms with Crippen LogP contribution in [0, 0.1) is 0 Å². The summed E-state index contributed by atoms with van der Waals surface area (Å²) >= 11 is 0. The Bertz CT molecular complexity index is 4140. The Labute approximate surface area is 607 Å². The maximum atomic E-state index is 13.4. The molecule has 0 radical (unpaired) electrons. The number of carbonyl (C=O) groups is 6. The molecule has 105 heavy (non-hydrogen) atoms. The Morgan fingerprint density at radius 2 is 0.886 bits per heavy atom. The number of nitrogens with one attached hydrogen (secondary N) is 1. The van der Waals surface area contributed by atoms with E-state index in [0.29, 0.717) is 55.7 Å². The lowest BCUT2D eigenvalue weighted by Gasteiger charge is -2.28. The Balaban J connectivity index is 0.000000229. The molecule has 0 spiro atoms. The first-order chi connectivity index (χ1) is 49.3. The van der Waals surface area contributed by atoms with Gasteiger partial charge in [0.25, 0.3) is 5.91 Å². The van der Waals surface area contributed by atoms with E-state index in [4.69, 9.17) is 66.7 Å². The highest BCUT2D eigenvalue weighted by Crippen LogP contribution is 2.47. The predicted molar refractivity (Wildman–Crippen MR) is 382 cm³/mol. The average molecular weight is 1460 g/mol. The third kappa shape index (κ3) is 18.8. The fourth-order valence-corrected chi connectivity index (χ4v) is 11.7. The molecule has 5 amide bonds. The molecule has 4 aliphatic rings.